The van der Waals surface area contributed by atoms with E-state index in [0.29, 0.717) is 0 Å². The maximum Gasteiger partial charge on any atom is 0.174 e. The minimum Gasteiger partial charge on any atom is -0.479 e. The first-order valence-electron chi connectivity index (χ1n) is 6.80. The van der Waals surface area contributed by atoms with Crippen molar-refractivity contribution in [2.45, 2.75) is 12.8 Å². The Hall–Kier alpha value is -1.73. The summed E-state index contributed by atoms with van der Waals surface area (Å²) in [7, 11) is 2.18. The summed E-state index contributed by atoms with van der Waals surface area (Å²) < 4.78 is 5.22. The number of anilines is 1. The Morgan fingerprint density at radius 3 is 2.63 bits per heavy atom. The van der Waals surface area contributed by atoms with Crippen LogP contribution in [0.4, 0.5) is 5.69 Å². The standard InChI is InChI=1S/C15H21N3O/c1-18-9-6-13(7-10-18)12-17-14-2-4-15(5-3-14)19-11-8-16/h2-5,13,17H,6-7,9-12H2,1H3. The molecule has 1 aliphatic rings. The molecule has 2 rings (SSSR count). The number of rotatable bonds is 5. The third-order valence-electron chi connectivity index (χ3n) is 3.59. The van der Waals surface area contributed by atoms with Crippen LogP contribution in [0, 0.1) is 17.2 Å². The molecule has 19 heavy (non-hydrogen) atoms. The van der Waals surface area contributed by atoms with Crippen LogP contribution in [0.5, 0.6) is 5.75 Å². The highest BCUT2D eigenvalue weighted by atomic mass is 16.5. The molecule has 0 amide bonds. The van der Waals surface area contributed by atoms with Crippen molar-refractivity contribution in [2.24, 2.45) is 5.92 Å². The lowest BCUT2D eigenvalue weighted by molar-refractivity contribution is 0.226. The van der Waals surface area contributed by atoms with Crippen LogP contribution in [0.15, 0.2) is 24.3 Å². The molecular formula is C15H21N3O. The minimum atomic E-state index is 0.0996. The summed E-state index contributed by atoms with van der Waals surface area (Å²) in [5.41, 5.74) is 1.11. The fourth-order valence-corrected chi connectivity index (χ4v) is 2.31. The van der Waals surface area contributed by atoms with E-state index in [1.54, 1.807) is 0 Å². The van der Waals surface area contributed by atoms with E-state index in [1.165, 1.54) is 25.9 Å². The van der Waals surface area contributed by atoms with Gasteiger partial charge in [-0.3, -0.25) is 0 Å². The molecular weight excluding hydrogens is 238 g/mol. The van der Waals surface area contributed by atoms with Crippen LogP contribution in [-0.2, 0) is 0 Å². The molecule has 0 saturated carbocycles. The highest BCUT2D eigenvalue weighted by Gasteiger charge is 2.15. The van der Waals surface area contributed by atoms with Crippen molar-refractivity contribution in [1.82, 2.24) is 4.90 Å². The molecule has 1 fully saturated rings. The monoisotopic (exact) mass is 259 g/mol. The zero-order valence-electron chi connectivity index (χ0n) is 11.4. The van der Waals surface area contributed by atoms with E-state index in [9.17, 15) is 0 Å². The molecule has 0 spiro atoms. The summed E-state index contributed by atoms with van der Waals surface area (Å²) in [5.74, 6) is 1.51. The van der Waals surface area contributed by atoms with Gasteiger partial charge in [0.15, 0.2) is 6.61 Å². The topological polar surface area (TPSA) is 48.3 Å². The van der Waals surface area contributed by atoms with Crippen molar-refractivity contribution in [3.8, 4) is 11.8 Å². The van der Waals surface area contributed by atoms with E-state index in [1.807, 2.05) is 30.3 Å². The summed E-state index contributed by atoms with van der Waals surface area (Å²) in [5, 5.41) is 11.9. The Kier molecular flexibility index (Phi) is 5.05. The molecule has 0 atom stereocenters. The second-order valence-corrected chi connectivity index (χ2v) is 5.10. The lowest BCUT2D eigenvalue weighted by Crippen LogP contribution is -2.32. The molecule has 1 heterocycles. The molecule has 102 valence electrons. The van der Waals surface area contributed by atoms with Gasteiger partial charge in [0, 0.05) is 12.2 Å². The molecule has 0 aliphatic carbocycles. The Balaban J connectivity index is 1.75. The highest BCUT2D eigenvalue weighted by Crippen LogP contribution is 2.19. The number of hydrogen-bond donors (Lipinski definition) is 1. The number of piperidine rings is 1. The number of hydrogen-bond acceptors (Lipinski definition) is 4. The predicted molar refractivity (Wildman–Crippen MR) is 76.3 cm³/mol. The Bertz CT molecular complexity index is 416. The number of likely N-dealkylation sites (tertiary alicyclic amines) is 1. The van der Waals surface area contributed by atoms with E-state index < -0.39 is 0 Å². The van der Waals surface area contributed by atoms with Crippen molar-refractivity contribution in [3.63, 3.8) is 0 Å². The third kappa shape index (κ3) is 4.46. The number of nitrogens with one attached hydrogen (secondary N) is 1. The lowest BCUT2D eigenvalue weighted by Gasteiger charge is -2.29. The van der Waals surface area contributed by atoms with Crippen LogP contribution >= 0.6 is 0 Å². The molecule has 0 unspecified atom stereocenters. The first-order valence-corrected chi connectivity index (χ1v) is 6.80. The van der Waals surface area contributed by atoms with E-state index in [-0.39, 0.29) is 6.61 Å². The van der Waals surface area contributed by atoms with Gasteiger partial charge in [-0.15, -0.1) is 0 Å². The van der Waals surface area contributed by atoms with Gasteiger partial charge in [0.2, 0.25) is 0 Å². The largest absolute Gasteiger partial charge is 0.479 e. The smallest absolute Gasteiger partial charge is 0.174 e. The van der Waals surface area contributed by atoms with Crippen LogP contribution < -0.4 is 10.1 Å². The normalized spacial score (nSPS) is 16.8. The van der Waals surface area contributed by atoms with Gasteiger partial charge in [0.1, 0.15) is 11.8 Å². The second-order valence-electron chi connectivity index (χ2n) is 5.10. The average Bonchev–Trinajstić information content (AvgIpc) is 2.46. The molecule has 1 saturated heterocycles. The Morgan fingerprint density at radius 1 is 1.32 bits per heavy atom. The van der Waals surface area contributed by atoms with Crippen molar-refractivity contribution in [1.29, 1.82) is 5.26 Å². The summed E-state index contributed by atoms with van der Waals surface area (Å²) >= 11 is 0. The van der Waals surface area contributed by atoms with Gasteiger partial charge in [-0.2, -0.15) is 5.26 Å². The van der Waals surface area contributed by atoms with Gasteiger partial charge >= 0.3 is 0 Å². The van der Waals surface area contributed by atoms with E-state index in [0.717, 1.165) is 23.9 Å². The second kappa shape index (κ2) is 7.01. The minimum absolute atomic E-state index is 0.0996. The van der Waals surface area contributed by atoms with Crippen LogP contribution in [0.1, 0.15) is 12.8 Å². The summed E-state index contributed by atoms with van der Waals surface area (Å²) in [6.45, 7) is 3.54. The number of nitriles is 1. The zero-order chi connectivity index (χ0) is 13.5. The van der Waals surface area contributed by atoms with Crippen molar-refractivity contribution in [2.75, 3.05) is 38.6 Å². The Morgan fingerprint density at radius 2 is 2.00 bits per heavy atom. The molecule has 1 aromatic rings. The maximum atomic E-state index is 8.44. The summed E-state index contributed by atoms with van der Waals surface area (Å²) in [4.78, 5) is 2.39. The fraction of sp³-hybridized carbons (Fsp3) is 0.533. The summed E-state index contributed by atoms with van der Waals surface area (Å²) in [6.07, 6.45) is 2.54. The molecule has 0 radical (unpaired) electrons. The van der Waals surface area contributed by atoms with Crippen LogP contribution in [0.3, 0.4) is 0 Å². The van der Waals surface area contributed by atoms with Crippen LogP contribution in [0.2, 0.25) is 0 Å². The van der Waals surface area contributed by atoms with Gasteiger partial charge in [-0.25, -0.2) is 0 Å². The molecule has 4 nitrogen and oxygen atoms in total. The number of ether oxygens (including phenoxy) is 1. The predicted octanol–water partition coefficient (Wildman–Crippen LogP) is 2.34. The van der Waals surface area contributed by atoms with Crippen molar-refractivity contribution >= 4 is 5.69 Å². The first kappa shape index (κ1) is 13.7. The van der Waals surface area contributed by atoms with Gasteiger partial charge in [-0.05, 0) is 63.2 Å². The highest BCUT2D eigenvalue weighted by molar-refractivity contribution is 5.46. The van der Waals surface area contributed by atoms with Gasteiger partial charge in [-0.1, -0.05) is 0 Å². The van der Waals surface area contributed by atoms with Crippen molar-refractivity contribution < 1.29 is 4.74 Å². The third-order valence-corrected chi connectivity index (χ3v) is 3.59. The average molecular weight is 259 g/mol. The summed E-state index contributed by atoms with van der Waals surface area (Å²) in [6, 6.07) is 9.76. The van der Waals surface area contributed by atoms with Gasteiger partial charge in [0.05, 0.1) is 0 Å². The molecule has 1 aliphatic heterocycles. The zero-order valence-corrected chi connectivity index (χ0v) is 11.4. The van der Waals surface area contributed by atoms with E-state index >= 15 is 0 Å². The molecule has 4 heteroatoms. The van der Waals surface area contributed by atoms with E-state index in [4.69, 9.17) is 10.00 Å². The molecule has 1 N–H and O–H groups in total. The maximum absolute atomic E-state index is 8.44. The lowest BCUT2D eigenvalue weighted by atomic mass is 9.97. The SMILES string of the molecule is CN1CCC(CNc2ccc(OCC#N)cc2)CC1. The van der Waals surface area contributed by atoms with E-state index in [2.05, 4.69) is 17.3 Å². The molecule has 0 aromatic heterocycles. The molecule has 1 aromatic carbocycles. The molecule has 0 bridgehead atoms. The van der Waals surface area contributed by atoms with Crippen molar-refractivity contribution in [3.05, 3.63) is 24.3 Å². The first-order chi connectivity index (χ1) is 9.28. The van der Waals surface area contributed by atoms with Crippen LogP contribution in [-0.4, -0.2) is 38.2 Å². The van der Waals surface area contributed by atoms with Crippen LogP contribution in [0.25, 0.3) is 0 Å². The number of nitrogens with zero attached hydrogens (tertiary/aromatic N) is 2. The fourth-order valence-electron chi connectivity index (χ4n) is 2.31. The number of benzene rings is 1. The Labute approximate surface area is 115 Å². The van der Waals surface area contributed by atoms with Gasteiger partial charge < -0.3 is 15.0 Å². The quantitative estimate of drug-likeness (QED) is 0.881. The van der Waals surface area contributed by atoms with Gasteiger partial charge in [0.25, 0.3) is 0 Å².